The highest BCUT2D eigenvalue weighted by Crippen LogP contribution is 2.23. The lowest BCUT2D eigenvalue weighted by Crippen LogP contribution is -2.25. The summed E-state index contributed by atoms with van der Waals surface area (Å²) in [6, 6.07) is 6.40. The zero-order valence-electron chi connectivity index (χ0n) is 12.1. The highest BCUT2D eigenvalue weighted by Gasteiger charge is 2.31. The Bertz CT molecular complexity index is 404. The first-order valence-electron chi connectivity index (χ1n) is 6.84. The number of halogens is 3. The molecule has 0 fully saturated rings. The van der Waals surface area contributed by atoms with Gasteiger partial charge in [0.15, 0.2) is 0 Å². The third-order valence-corrected chi connectivity index (χ3v) is 2.96. The van der Waals surface area contributed by atoms with E-state index in [9.17, 15) is 13.2 Å². The molecule has 0 aromatic heterocycles. The van der Waals surface area contributed by atoms with Gasteiger partial charge in [-0.05, 0) is 43.4 Å². The van der Waals surface area contributed by atoms with Crippen LogP contribution in [0, 0.1) is 5.92 Å². The first-order valence-corrected chi connectivity index (χ1v) is 6.84. The summed E-state index contributed by atoms with van der Waals surface area (Å²) in [5, 5.41) is 3.31. The monoisotopic (exact) mass is 289 g/mol. The number of hydrogen-bond acceptors (Lipinski definition) is 2. The van der Waals surface area contributed by atoms with Crippen molar-refractivity contribution in [1.82, 2.24) is 5.32 Å². The highest BCUT2D eigenvalue weighted by atomic mass is 19.4. The van der Waals surface area contributed by atoms with Crippen LogP contribution in [0.4, 0.5) is 13.2 Å². The zero-order valence-corrected chi connectivity index (χ0v) is 12.1. The van der Waals surface area contributed by atoms with Crippen molar-refractivity contribution in [3.63, 3.8) is 0 Å². The Morgan fingerprint density at radius 2 is 1.85 bits per heavy atom. The summed E-state index contributed by atoms with van der Waals surface area (Å²) in [7, 11) is 0. The molecule has 0 aliphatic heterocycles. The lowest BCUT2D eigenvalue weighted by Gasteiger charge is -2.15. The van der Waals surface area contributed by atoms with E-state index >= 15 is 0 Å². The predicted octanol–water partition coefficient (Wildman–Crippen LogP) is 4.50. The van der Waals surface area contributed by atoms with Crippen LogP contribution in [0.3, 0.4) is 0 Å². The normalized spacial score (nSPS) is 13.6. The largest absolute Gasteiger partial charge is 0.573 e. The van der Waals surface area contributed by atoms with E-state index in [2.05, 4.69) is 30.8 Å². The fraction of sp³-hybridized carbons (Fsp3) is 0.600. The van der Waals surface area contributed by atoms with E-state index in [4.69, 9.17) is 0 Å². The number of hydrogen-bond donors (Lipinski definition) is 1. The molecule has 1 aromatic carbocycles. The van der Waals surface area contributed by atoms with E-state index in [0.29, 0.717) is 18.5 Å². The van der Waals surface area contributed by atoms with E-state index < -0.39 is 6.36 Å². The molecule has 1 N–H and O–H groups in total. The van der Waals surface area contributed by atoms with Gasteiger partial charge in [-0.3, -0.25) is 0 Å². The van der Waals surface area contributed by atoms with Crippen LogP contribution in [-0.4, -0.2) is 12.4 Å². The molecule has 2 nitrogen and oxygen atoms in total. The van der Waals surface area contributed by atoms with Crippen LogP contribution in [-0.2, 0) is 6.54 Å². The smallest absolute Gasteiger partial charge is 0.406 e. The van der Waals surface area contributed by atoms with Crippen molar-refractivity contribution in [3.8, 4) is 5.75 Å². The van der Waals surface area contributed by atoms with Crippen molar-refractivity contribution >= 4 is 0 Å². The molecule has 0 aliphatic carbocycles. The summed E-state index contributed by atoms with van der Waals surface area (Å²) < 4.78 is 40.3. The molecule has 0 radical (unpaired) electrons. The Balaban J connectivity index is 2.46. The van der Waals surface area contributed by atoms with E-state index in [1.807, 2.05) is 0 Å². The standard InChI is InChI=1S/C15H22F3NO/c1-11(2)7-8-12(3)19-10-13-5-4-6-14(9-13)20-15(16,17)18/h4-6,9,11-12,19H,7-8,10H2,1-3H3. The molecule has 1 aromatic rings. The number of benzene rings is 1. The third kappa shape index (κ3) is 7.38. The molecule has 1 rings (SSSR count). The summed E-state index contributed by atoms with van der Waals surface area (Å²) in [6.07, 6.45) is -2.46. The Kier molecular flexibility index (Phi) is 6.33. The summed E-state index contributed by atoms with van der Waals surface area (Å²) in [4.78, 5) is 0. The maximum atomic E-state index is 12.1. The van der Waals surface area contributed by atoms with Crippen LogP contribution >= 0.6 is 0 Å². The Morgan fingerprint density at radius 1 is 1.15 bits per heavy atom. The van der Waals surface area contributed by atoms with E-state index in [1.165, 1.54) is 12.1 Å². The van der Waals surface area contributed by atoms with Crippen LogP contribution in [0.25, 0.3) is 0 Å². The maximum absolute atomic E-state index is 12.1. The van der Waals surface area contributed by atoms with Crippen molar-refractivity contribution in [1.29, 1.82) is 0 Å². The molecule has 0 saturated heterocycles. The van der Waals surface area contributed by atoms with Crippen molar-refractivity contribution in [3.05, 3.63) is 29.8 Å². The van der Waals surface area contributed by atoms with Gasteiger partial charge in [-0.1, -0.05) is 26.0 Å². The molecule has 20 heavy (non-hydrogen) atoms. The second kappa shape index (κ2) is 7.53. The number of nitrogens with one attached hydrogen (secondary N) is 1. The van der Waals surface area contributed by atoms with Crippen molar-refractivity contribution < 1.29 is 17.9 Å². The molecule has 0 saturated carbocycles. The molecule has 1 atom stereocenters. The first kappa shape index (κ1) is 16.8. The van der Waals surface area contributed by atoms with Gasteiger partial charge in [0, 0.05) is 12.6 Å². The van der Waals surface area contributed by atoms with Crippen LogP contribution in [0.15, 0.2) is 24.3 Å². The van der Waals surface area contributed by atoms with Gasteiger partial charge in [-0.25, -0.2) is 0 Å². The van der Waals surface area contributed by atoms with Gasteiger partial charge < -0.3 is 10.1 Å². The maximum Gasteiger partial charge on any atom is 0.573 e. The fourth-order valence-electron chi connectivity index (χ4n) is 1.83. The van der Waals surface area contributed by atoms with Gasteiger partial charge in [-0.15, -0.1) is 13.2 Å². The number of rotatable bonds is 7. The quantitative estimate of drug-likeness (QED) is 0.798. The number of ether oxygens (including phenoxy) is 1. The predicted molar refractivity (Wildman–Crippen MR) is 73.5 cm³/mol. The first-order chi connectivity index (χ1) is 9.26. The van der Waals surface area contributed by atoms with Crippen LogP contribution in [0.5, 0.6) is 5.75 Å². The Labute approximate surface area is 118 Å². The average molecular weight is 289 g/mol. The molecule has 0 aliphatic rings. The van der Waals surface area contributed by atoms with Crippen LogP contribution < -0.4 is 10.1 Å². The third-order valence-electron chi connectivity index (χ3n) is 2.96. The minimum absolute atomic E-state index is 0.174. The van der Waals surface area contributed by atoms with Crippen LogP contribution in [0.2, 0.25) is 0 Å². The van der Waals surface area contributed by atoms with Crippen molar-refractivity contribution in [2.75, 3.05) is 0 Å². The average Bonchev–Trinajstić information content (AvgIpc) is 2.32. The molecule has 5 heteroatoms. The van der Waals surface area contributed by atoms with Gasteiger partial charge in [0.25, 0.3) is 0 Å². The molecular weight excluding hydrogens is 267 g/mol. The highest BCUT2D eigenvalue weighted by molar-refractivity contribution is 5.28. The molecular formula is C15H22F3NO. The molecule has 0 bridgehead atoms. The van der Waals surface area contributed by atoms with Crippen LogP contribution in [0.1, 0.15) is 39.2 Å². The summed E-state index contributed by atoms with van der Waals surface area (Å²) in [6.45, 7) is 6.96. The van der Waals surface area contributed by atoms with Crippen molar-refractivity contribution in [2.45, 2.75) is 52.6 Å². The second-order valence-corrected chi connectivity index (χ2v) is 5.45. The topological polar surface area (TPSA) is 21.3 Å². The lowest BCUT2D eigenvalue weighted by atomic mass is 10.0. The SMILES string of the molecule is CC(C)CCC(C)NCc1cccc(OC(F)(F)F)c1. The van der Waals surface area contributed by atoms with Gasteiger partial charge in [0.05, 0.1) is 0 Å². The van der Waals surface area contributed by atoms with Gasteiger partial charge in [0.2, 0.25) is 0 Å². The van der Waals surface area contributed by atoms with Gasteiger partial charge in [0.1, 0.15) is 5.75 Å². The number of alkyl halides is 3. The molecule has 1 unspecified atom stereocenters. The van der Waals surface area contributed by atoms with Crippen molar-refractivity contribution in [2.24, 2.45) is 5.92 Å². The fourth-order valence-corrected chi connectivity index (χ4v) is 1.83. The van der Waals surface area contributed by atoms with E-state index in [-0.39, 0.29) is 5.75 Å². The Morgan fingerprint density at radius 3 is 2.45 bits per heavy atom. The zero-order chi connectivity index (χ0) is 15.2. The van der Waals surface area contributed by atoms with E-state index in [0.717, 1.165) is 18.4 Å². The Hall–Kier alpha value is -1.23. The molecule has 114 valence electrons. The molecule has 0 spiro atoms. The van der Waals surface area contributed by atoms with E-state index in [1.54, 1.807) is 12.1 Å². The minimum Gasteiger partial charge on any atom is -0.406 e. The van der Waals surface area contributed by atoms with Gasteiger partial charge >= 0.3 is 6.36 Å². The molecule has 0 amide bonds. The lowest BCUT2D eigenvalue weighted by molar-refractivity contribution is -0.274. The summed E-state index contributed by atoms with van der Waals surface area (Å²) in [5.74, 6) is 0.481. The minimum atomic E-state index is -4.64. The van der Waals surface area contributed by atoms with Gasteiger partial charge in [-0.2, -0.15) is 0 Å². The summed E-state index contributed by atoms with van der Waals surface area (Å²) >= 11 is 0. The summed E-state index contributed by atoms with van der Waals surface area (Å²) in [5.41, 5.74) is 0.781. The molecule has 0 heterocycles. The second-order valence-electron chi connectivity index (χ2n) is 5.45.